The van der Waals surface area contributed by atoms with Crippen molar-refractivity contribution in [2.75, 3.05) is 7.11 Å². The average molecular weight is 179 g/mol. The Morgan fingerprint density at radius 2 is 1.85 bits per heavy atom. The largest absolute Gasteiger partial charge is 0.496 e. The number of rotatable bonds is 1. The molecule has 0 amide bonds. The maximum Gasteiger partial charge on any atom is 0.179 e. The van der Waals surface area contributed by atoms with Crippen molar-refractivity contribution in [2.24, 2.45) is 0 Å². The highest BCUT2D eigenvalue weighted by atomic mass is 16.5. The first-order chi connectivity index (χ1) is 5.95. The Morgan fingerprint density at radius 1 is 1.23 bits per heavy atom. The lowest BCUT2D eigenvalue weighted by Gasteiger charge is -2.21. The van der Waals surface area contributed by atoms with E-state index in [-0.39, 0.29) is 11.2 Å². The van der Waals surface area contributed by atoms with Gasteiger partial charge in [-0.15, -0.1) is 0 Å². The summed E-state index contributed by atoms with van der Waals surface area (Å²) in [5.74, 6) is 0.817. The van der Waals surface area contributed by atoms with Gasteiger partial charge in [-0.1, -0.05) is 20.8 Å². The van der Waals surface area contributed by atoms with Crippen molar-refractivity contribution in [3.63, 3.8) is 0 Å². The molecule has 1 aromatic carbocycles. The third kappa shape index (κ3) is 2.14. The van der Waals surface area contributed by atoms with Gasteiger partial charge in [-0.25, -0.2) is 0 Å². The molecule has 0 spiro atoms. The van der Waals surface area contributed by atoms with Gasteiger partial charge in [-0.3, -0.25) is 5.11 Å². The fourth-order valence-electron chi connectivity index (χ4n) is 1.27. The minimum atomic E-state index is -0.0498. The van der Waals surface area contributed by atoms with Crippen LogP contribution in [0.25, 0.3) is 0 Å². The van der Waals surface area contributed by atoms with Gasteiger partial charge in [-0.05, 0) is 23.6 Å². The Hall–Kier alpha value is -1.18. The van der Waals surface area contributed by atoms with E-state index in [9.17, 15) is 5.11 Å². The average Bonchev–Trinajstić information content (AvgIpc) is 2.03. The number of benzene rings is 1. The highest BCUT2D eigenvalue weighted by Gasteiger charge is 2.19. The quantitative estimate of drug-likeness (QED) is 0.651. The minimum Gasteiger partial charge on any atom is -0.496 e. The zero-order chi connectivity index (χ0) is 10.1. The molecule has 0 aliphatic heterocycles. The Balaban J connectivity index is 3.24. The van der Waals surface area contributed by atoms with Gasteiger partial charge >= 0.3 is 0 Å². The van der Waals surface area contributed by atoms with E-state index in [4.69, 9.17) is 4.74 Å². The fraction of sp³-hybridized carbons (Fsp3) is 0.455. The Bertz CT molecular complexity index is 297. The summed E-state index contributed by atoms with van der Waals surface area (Å²) in [7, 11) is 1.62. The number of methoxy groups -OCH3 is 1. The minimum absolute atomic E-state index is 0.0331. The van der Waals surface area contributed by atoms with Gasteiger partial charge in [0, 0.05) is 5.56 Å². The molecule has 0 saturated heterocycles. The van der Waals surface area contributed by atoms with Crippen molar-refractivity contribution >= 4 is 0 Å². The molecule has 0 bridgehead atoms. The maximum atomic E-state index is 11.1. The summed E-state index contributed by atoms with van der Waals surface area (Å²) >= 11 is 0. The summed E-state index contributed by atoms with van der Waals surface area (Å²) in [5, 5.41) is 11.1. The molecule has 0 N–H and O–H groups in total. The smallest absolute Gasteiger partial charge is 0.179 e. The summed E-state index contributed by atoms with van der Waals surface area (Å²) in [5.41, 5.74) is 0.911. The summed E-state index contributed by atoms with van der Waals surface area (Å²) in [4.78, 5) is 0. The van der Waals surface area contributed by atoms with Gasteiger partial charge < -0.3 is 4.74 Å². The van der Waals surface area contributed by atoms with E-state index in [1.807, 2.05) is 0 Å². The van der Waals surface area contributed by atoms with Crippen molar-refractivity contribution in [3.8, 4) is 11.5 Å². The normalized spacial score (nSPS) is 11.4. The highest BCUT2D eigenvalue weighted by Crippen LogP contribution is 2.33. The second-order valence-corrected chi connectivity index (χ2v) is 4.11. The zero-order valence-electron chi connectivity index (χ0n) is 8.55. The molecule has 1 radical (unpaired) electrons. The fourth-order valence-corrected chi connectivity index (χ4v) is 1.27. The zero-order valence-corrected chi connectivity index (χ0v) is 8.55. The van der Waals surface area contributed by atoms with Crippen LogP contribution in [0.2, 0.25) is 0 Å². The van der Waals surface area contributed by atoms with Gasteiger partial charge in [-0.2, -0.15) is 0 Å². The molecule has 0 atom stereocenters. The Morgan fingerprint density at radius 3 is 2.31 bits per heavy atom. The van der Waals surface area contributed by atoms with Crippen LogP contribution in [0, 0.1) is 0 Å². The van der Waals surface area contributed by atoms with Crippen LogP contribution >= 0.6 is 0 Å². The van der Waals surface area contributed by atoms with Crippen molar-refractivity contribution in [1.82, 2.24) is 0 Å². The number of ether oxygens (including phenoxy) is 1. The van der Waals surface area contributed by atoms with E-state index in [2.05, 4.69) is 20.8 Å². The van der Waals surface area contributed by atoms with Crippen molar-refractivity contribution in [1.29, 1.82) is 0 Å². The standard InChI is InChI=1S/C11H15O2/c1-11(2,3)9-7-8(12)5-6-10(9)13-4/h5-7H,1-4H3. The molecule has 13 heavy (non-hydrogen) atoms. The van der Waals surface area contributed by atoms with Crippen LogP contribution in [0.15, 0.2) is 18.2 Å². The topological polar surface area (TPSA) is 29.1 Å². The van der Waals surface area contributed by atoms with E-state index in [1.165, 1.54) is 6.07 Å². The summed E-state index contributed by atoms with van der Waals surface area (Å²) < 4.78 is 5.19. The van der Waals surface area contributed by atoms with E-state index in [1.54, 1.807) is 19.2 Å². The lowest BCUT2D eigenvalue weighted by Crippen LogP contribution is -2.12. The van der Waals surface area contributed by atoms with Gasteiger partial charge in [0.25, 0.3) is 0 Å². The molecule has 1 aromatic rings. The van der Waals surface area contributed by atoms with Crippen LogP contribution in [-0.4, -0.2) is 7.11 Å². The molecule has 2 heteroatoms. The van der Waals surface area contributed by atoms with E-state index in [0.717, 1.165) is 11.3 Å². The molecule has 0 aliphatic rings. The van der Waals surface area contributed by atoms with Crippen LogP contribution < -0.4 is 4.74 Å². The monoisotopic (exact) mass is 179 g/mol. The first kappa shape index (κ1) is 9.90. The second-order valence-electron chi connectivity index (χ2n) is 4.11. The molecule has 0 heterocycles. The predicted molar refractivity (Wildman–Crippen MR) is 51.8 cm³/mol. The molecule has 2 nitrogen and oxygen atoms in total. The molecular formula is C11H15O2. The van der Waals surface area contributed by atoms with Crippen molar-refractivity contribution in [3.05, 3.63) is 23.8 Å². The molecule has 0 aromatic heterocycles. The second kappa shape index (κ2) is 3.29. The van der Waals surface area contributed by atoms with Crippen LogP contribution in [0.1, 0.15) is 26.3 Å². The lowest BCUT2D eigenvalue weighted by molar-refractivity contribution is 0.348. The third-order valence-corrected chi connectivity index (χ3v) is 1.98. The molecule has 0 unspecified atom stereocenters. The SMILES string of the molecule is COc1ccc([O])cc1C(C)(C)C. The molecule has 71 valence electrons. The van der Waals surface area contributed by atoms with Crippen LogP contribution in [-0.2, 0) is 10.5 Å². The van der Waals surface area contributed by atoms with Crippen molar-refractivity contribution in [2.45, 2.75) is 26.2 Å². The van der Waals surface area contributed by atoms with Crippen LogP contribution in [0.5, 0.6) is 11.5 Å². The number of hydrogen-bond donors (Lipinski definition) is 0. The molecule has 0 aliphatic carbocycles. The first-order valence-corrected chi connectivity index (χ1v) is 4.30. The first-order valence-electron chi connectivity index (χ1n) is 4.30. The summed E-state index contributed by atoms with van der Waals surface area (Å²) in [6.07, 6.45) is 0. The van der Waals surface area contributed by atoms with Gasteiger partial charge in [0.1, 0.15) is 5.75 Å². The molecule has 1 rings (SSSR count). The van der Waals surface area contributed by atoms with E-state index < -0.39 is 0 Å². The maximum absolute atomic E-state index is 11.1. The summed E-state index contributed by atoms with van der Waals surface area (Å²) in [6, 6.07) is 4.88. The molecular weight excluding hydrogens is 164 g/mol. The third-order valence-electron chi connectivity index (χ3n) is 1.98. The summed E-state index contributed by atoms with van der Waals surface area (Å²) in [6.45, 7) is 6.18. The van der Waals surface area contributed by atoms with Gasteiger partial charge in [0.15, 0.2) is 5.75 Å². The molecule has 0 saturated carbocycles. The van der Waals surface area contributed by atoms with Crippen molar-refractivity contribution < 1.29 is 9.84 Å². The Labute approximate surface area is 79.2 Å². The van der Waals surface area contributed by atoms with Crippen LogP contribution in [0.4, 0.5) is 0 Å². The van der Waals surface area contributed by atoms with E-state index in [0.29, 0.717) is 0 Å². The molecule has 0 fully saturated rings. The van der Waals surface area contributed by atoms with E-state index >= 15 is 0 Å². The van der Waals surface area contributed by atoms with Gasteiger partial charge in [0.05, 0.1) is 7.11 Å². The number of hydrogen-bond acceptors (Lipinski definition) is 1. The van der Waals surface area contributed by atoms with Gasteiger partial charge in [0.2, 0.25) is 0 Å². The lowest BCUT2D eigenvalue weighted by atomic mass is 9.86. The Kier molecular flexibility index (Phi) is 2.50. The highest BCUT2D eigenvalue weighted by molar-refractivity contribution is 5.43. The van der Waals surface area contributed by atoms with Crippen LogP contribution in [0.3, 0.4) is 0 Å². The predicted octanol–water partition coefficient (Wildman–Crippen LogP) is 3.14.